The van der Waals surface area contributed by atoms with E-state index in [4.69, 9.17) is 0 Å². The Morgan fingerprint density at radius 1 is 1.35 bits per heavy atom. The molecule has 1 spiro atoms. The van der Waals surface area contributed by atoms with E-state index in [0.717, 1.165) is 25.7 Å². The van der Waals surface area contributed by atoms with Gasteiger partial charge in [-0.2, -0.15) is 0 Å². The fourth-order valence-corrected chi connectivity index (χ4v) is 3.36. The topological polar surface area (TPSA) is 49.4 Å². The Bertz CT molecular complexity index is 430. The molecule has 1 aliphatic carbocycles. The first-order valence-corrected chi connectivity index (χ1v) is 7.64. The van der Waals surface area contributed by atoms with E-state index in [0.29, 0.717) is 6.54 Å². The second-order valence-electron chi connectivity index (χ2n) is 6.71. The Balaban J connectivity index is 2.31. The third-order valence-corrected chi connectivity index (χ3v) is 4.42. The average Bonchev–Trinajstić information content (AvgIpc) is 2.80. The first-order chi connectivity index (χ1) is 9.37. The SMILES string of the molecule is CC(C)=CCN1C(=O)C2(CCCC2)NC(=O)C1C(C)C. The van der Waals surface area contributed by atoms with Crippen molar-refractivity contribution in [1.29, 1.82) is 0 Å². The Kier molecular flexibility index (Phi) is 4.21. The van der Waals surface area contributed by atoms with Crippen LogP contribution in [0.1, 0.15) is 53.4 Å². The lowest BCUT2D eigenvalue weighted by Crippen LogP contribution is -2.70. The molecule has 0 aromatic rings. The maximum Gasteiger partial charge on any atom is 0.249 e. The fourth-order valence-electron chi connectivity index (χ4n) is 3.36. The lowest BCUT2D eigenvalue weighted by Gasteiger charge is -2.45. The van der Waals surface area contributed by atoms with Gasteiger partial charge in [0.05, 0.1) is 0 Å². The zero-order valence-corrected chi connectivity index (χ0v) is 13.0. The predicted molar refractivity (Wildman–Crippen MR) is 79.1 cm³/mol. The molecule has 20 heavy (non-hydrogen) atoms. The van der Waals surface area contributed by atoms with Gasteiger partial charge in [0.1, 0.15) is 11.6 Å². The van der Waals surface area contributed by atoms with Crippen LogP contribution < -0.4 is 5.32 Å². The minimum Gasteiger partial charge on any atom is -0.340 e. The van der Waals surface area contributed by atoms with E-state index in [1.54, 1.807) is 4.90 Å². The van der Waals surface area contributed by atoms with E-state index in [1.165, 1.54) is 5.57 Å². The van der Waals surface area contributed by atoms with Crippen LogP contribution in [0, 0.1) is 5.92 Å². The zero-order valence-electron chi connectivity index (χ0n) is 13.0. The Labute approximate surface area is 121 Å². The molecule has 112 valence electrons. The molecule has 0 bridgehead atoms. The molecule has 1 saturated carbocycles. The number of hydrogen-bond donors (Lipinski definition) is 1. The van der Waals surface area contributed by atoms with Crippen LogP contribution in [0.2, 0.25) is 0 Å². The standard InChI is InChI=1S/C16H26N2O2/c1-11(2)7-10-18-13(12(3)4)14(19)17-16(15(18)20)8-5-6-9-16/h7,12-13H,5-6,8-10H2,1-4H3,(H,17,19). The summed E-state index contributed by atoms with van der Waals surface area (Å²) in [4.78, 5) is 27.2. The quantitative estimate of drug-likeness (QED) is 0.805. The lowest BCUT2D eigenvalue weighted by atomic mass is 9.87. The Morgan fingerprint density at radius 2 is 1.95 bits per heavy atom. The summed E-state index contributed by atoms with van der Waals surface area (Å²) in [6.45, 7) is 8.58. The van der Waals surface area contributed by atoms with E-state index in [9.17, 15) is 9.59 Å². The van der Waals surface area contributed by atoms with Crippen molar-refractivity contribution in [1.82, 2.24) is 10.2 Å². The molecule has 2 rings (SSSR count). The molecule has 2 aliphatic rings. The monoisotopic (exact) mass is 278 g/mol. The van der Waals surface area contributed by atoms with Crippen molar-refractivity contribution < 1.29 is 9.59 Å². The highest BCUT2D eigenvalue weighted by molar-refractivity contribution is 6.00. The minimum atomic E-state index is -0.613. The van der Waals surface area contributed by atoms with Gasteiger partial charge in [0.2, 0.25) is 11.8 Å². The van der Waals surface area contributed by atoms with Gasteiger partial charge in [-0.15, -0.1) is 0 Å². The van der Waals surface area contributed by atoms with Crippen molar-refractivity contribution in [2.45, 2.75) is 65.0 Å². The molecule has 2 amide bonds. The number of hydrogen-bond acceptors (Lipinski definition) is 2. The summed E-state index contributed by atoms with van der Waals surface area (Å²) < 4.78 is 0. The lowest BCUT2D eigenvalue weighted by molar-refractivity contribution is -0.156. The van der Waals surface area contributed by atoms with Gasteiger partial charge in [-0.3, -0.25) is 9.59 Å². The van der Waals surface area contributed by atoms with Crippen molar-refractivity contribution in [3.8, 4) is 0 Å². The number of rotatable bonds is 3. The van der Waals surface area contributed by atoms with E-state index in [1.807, 2.05) is 33.8 Å². The maximum atomic E-state index is 12.9. The summed E-state index contributed by atoms with van der Waals surface area (Å²) in [6.07, 6.45) is 5.65. The van der Waals surface area contributed by atoms with Gasteiger partial charge < -0.3 is 10.2 Å². The minimum absolute atomic E-state index is 0.0173. The maximum absolute atomic E-state index is 12.9. The van der Waals surface area contributed by atoms with Gasteiger partial charge in [-0.1, -0.05) is 38.3 Å². The van der Waals surface area contributed by atoms with Crippen LogP contribution in [0.4, 0.5) is 0 Å². The number of carbonyl (C=O) groups is 2. The van der Waals surface area contributed by atoms with Crippen LogP contribution in [-0.2, 0) is 9.59 Å². The molecule has 4 nitrogen and oxygen atoms in total. The third kappa shape index (κ3) is 2.60. The highest BCUT2D eigenvalue weighted by Crippen LogP contribution is 2.35. The molecule has 1 saturated heterocycles. The molecule has 1 atom stereocenters. The van der Waals surface area contributed by atoms with Crippen LogP contribution in [0.3, 0.4) is 0 Å². The van der Waals surface area contributed by atoms with Crippen molar-refractivity contribution in [2.24, 2.45) is 5.92 Å². The summed E-state index contributed by atoms with van der Waals surface area (Å²) in [5.74, 6) is 0.262. The van der Waals surface area contributed by atoms with Crippen LogP contribution in [0.5, 0.6) is 0 Å². The van der Waals surface area contributed by atoms with Crippen LogP contribution in [-0.4, -0.2) is 34.8 Å². The molecule has 2 fully saturated rings. The van der Waals surface area contributed by atoms with Crippen molar-refractivity contribution >= 4 is 11.8 Å². The van der Waals surface area contributed by atoms with Gasteiger partial charge >= 0.3 is 0 Å². The second kappa shape index (κ2) is 5.58. The predicted octanol–water partition coefficient (Wildman–Crippen LogP) is 2.25. The summed E-state index contributed by atoms with van der Waals surface area (Å²) in [7, 11) is 0. The van der Waals surface area contributed by atoms with Gasteiger partial charge in [-0.25, -0.2) is 0 Å². The fraction of sp³-hybridized carbons (Fsp3) is 0.750. The van der Waals surface area contributed by atoms with E-state index in [-0.39, 0.29) is 23.8 Å². The highest BCUT2D eigenvalue weighted by atomic mass is 16.2. The van der Waals surface area contributed by atoms with Crippen molar-refractivity contribution in [3.63, 3.8) is 0 Å². The molecular weight excluding hydrogens is 252 g/mol. The Hall–Kier alpha value is -1.32. The number of nitrogens with one attached hydrogen (secondary N) is 1. The number of piperazine rings is 1. The summed E-state index contributed by atoms with van der Waals surface area (Å²) in [6, 6.07) is -0.343. The number of allylic oxidation sites excluding steroid dienone is 1. The molecule has 0 aromatic heterocycles. The molecule has 1 unspecified atom stereocenters. The van der Waals surface area contributed by atoms with E-state index >= 15 is 0 Å². The molecule has 0 radical (unpaired) electrons. The molecular formula is C16H26N2O2. The summed E-state index contributed by atoms with van der Waals surface area (Å²) >= 11 is 0. The van der Waals surface area contributed by atoms with Crippen LogP contribution in [0.15, 0.2) is 11.6 Å². The Morgan fingerprint density at radius 3 is 2.45 bits per heavy atom. The number of carbonyl (C=O) groups excluding carboxylic acids is 2. The number of nitrogens with zero attached hydrogens (tertiary/aromatic N) is 1. The van der Waals surface area contributed by atoms with Gasteiger partial charge in [0.25, 0.3) is 0 Å². The van der Waals surface area contributed by atoms with Gasteiger partial charge in [-0.05, 0) is 32.6 Å². The molecule has 0 aromatic carbocycles. The van der Waals surface area contributed by atoms with Gasteiger partial charge in [0.15, 0.2) is 0 Å². The van der Waals surface area contributed by atoms with Gasteiger partial charge in [0, 0.05) is 6.54 Å². The number of amides is 2. The molecule has 4 heteroatoms. The van der Waals surface area contributed by atoms with Crippen molar-refractivity contribution in [3.05, 3.63) is 11.6 Å². The van der Waals surface area contributed by atoms with Crippen molar-refractivity contribution in [2.75, 3.05) is 6.54 Å². The third-order valence-electron chi connectivity index (χ3n) is 4.42. The molecule has 1 N–H and O–H groups in total. The average molecular weight is 278 g/mol. The molecule has 1 aliphatic heterocycles. The first-order valence-electron chi connectivity index (χ1n) is 7.64. The molecule has 1 heterocycles. The zero-order chi connectivity index (χ0) is 14.9. The second-order valence-corrected chi connectivity index (χ2v) is 6.71. The smallest absolute Gasteiger partial charge is 0.249 e. The summed E-state index contributed by atoms with van der Waals surface area (Å²) in [5, 5.41) is 3.04. The highest BCUT2D eigenvalue weighted by Gasteiger charge is 2.52. The normalized spacial score (nSPS) is 25.2. The summed E-state index contributed by atoms with van der Waals surface area (Å²) in [5.41, 5.74) is 0.560. The van der Waals surface area contributed by atoms with E-state index in [2.05, 4.69) is 5.32 Å². The largest absolute Gasteiger partial charge is 0.340 e. The van der Waals surface area contributed by atoms with E-state index < -0.39 is 5.54 Å². The first kappa shape index (κ1) is 15.1. The van der Waals surface area contributed by atoms with Crippen LogP contribution in [0.25, 0.3) is 0 Å². The van der Waals surface area contributed by atoms with Crippen LogP contribution >= 0.6 is 0 Å².